The highest BCUT2D eigenvalue weighted by molar-refractivity contribution is 5.29. The van der Waals surface area contributed by atoms with E-state index in [1.807, 2.05) is 30.3 Å². The van der Waals surface area contributed by atoms with Gasteiger partial charge in [0.1, 0.15) is 12.4 Å². The minimum Gasteiger partial charge on any atom is -0.489 e. The Morgan fingerprint density at radius 1 is 0.967 bits per heavy atom. The number of ether oxygens (including phenoxy) is 1. The predicted molar refractivity (Wildman–Crippen MR) is 128 cm³/mol. The van der Waals surface area contributed by atoms with E-state index in [1.54, 1.807) is 0 Å². The van der Waals surface area contributed by atoms with E-state index in [-0.39, 0.29) is 5.41 Å². The summed E-state index contributed by atoms with van der Waals surface area (Å²) in [5.41, 5.74) is 2.52. The van der Waals surface area contributed by atoms with Crippen LogP contribution in [-0.4, -0.2) is 18.0 Å². The van der Waals surface area contributed by atoms with Crippen LogP contribution < -0.4 is 4.74 Å². The lowest BCUT2D eigenvalue weighted by molar-refractivity contribution is 0.284. The predicted octanol–water partition coefficient (Wildman–Crippen LogP) is 6.86. The zero-order chi connectivity index (χ0) is 21.7. The molecule has 2 rings (SSSR count). The second-order valence-electron chi connectivity index (χ2n) is 8.79. The SMILES string of the molecule is CCCCCN(C/C=C/C#CC(C)(C)C)Cc1cccc(OCc2ccccc2)c1. The van der Waals surface area contributed by atoms with Gasteiger partial charge >= 0.3 is 0 Å². The average Bonchev–Trinajstić information content (AvgIpc) is 2.72. The Kier molecular flexibility index (Phi) is 10.3. The van der Waals surface area contributed by atoms with Gasteiger partial charge in [0.05, 0.1) is 0 Å². The molecule has 0 aromatic heterocycles. The van der Waals surface area contributed by atoms with Crippen molar-refractivity contribution < 1.29 is 4.74 Å². The third-order valence-corrected chi connectivity index (χ3v) is 4.64. The smallest absolute Gasteiger partial charge is 0.120 e. The maximum atomic E-state index is 6.01. The number of hydrogen-bond donors (Lipinski definition) is 0. The van der Waals surface area contributed by atoms with Crippen molar-refractivity contribution >= 4 is 0 Å². The molecule has 0 N–H and O–H groups in total. The Labute approximate surface area is 184 Å². The topological polar surface area (TPSA) is 12.5 Å². The first-order chi connectivity index (χ1) is 14.5. The minimum absolute atomic E-state index is 0.0470. The summed E-state index contributed by atoms with van der Waals surface area (Å²) in [5, 5.41) is 0. The van der Waals surface area contributed by atoms with Crippen LogP contribution in [-0.2, 0) is 13.2 Å². The number of benzene rings is 2. The third kappa shape index (κ3) is 10.3. The Balaban J connectivity index is 1.95. The second-order valence-corrected chi connectivity index (χ2v) is 8.79. The van der Waals surface area contributed by atoms with E-state index in [0.29, 0.717) is 6.61 Å². The van der Waals surface area contributed by atoms with Crippen molar-refractivity contribution in [1.29, 1.82) is 0 Å². The van der Waals surface area contributed by atoms with Crippen molar-refractivity contribution in [2.75, 3.05) is 13.1 Å². The molecule has 0 fully saturated rings. The summed E-state index contributed by atoms with van der Waals surface area (Å²) in [6.45, 7) is 12.2. The summed E-state index contributed by atoms with van der Waals surface area (Å²) >= 11 is 0. The molecular weight excluding hydrogens is 366 g/mol. The summed E-state index contributed by atoms with van der Waals surface area (Å²) < 4.78 is 6.01. The molecule has 0 radical (unpaired) electrons. The van der Waals surface area contributed by atoms with Crippen LogP contribution in [0.2, 0.25) is 0 Å². The number of rotatable bonds is 11. The summed E-state index contributed by atoms with van der Waals surface area (Å²) in [6.07, 6.45) is 7.91. The Bertz CT molecular complexity index is 821. The molecule has 0 aliphatic rings. The molecule has 160 valence electrons. The number of allylic oxidation sites excluding steroid dienone is 1. The fourth-order valence-electron chi connectivity index (χ4n) is 3.07. The van der Waals surface area contributed by atoms with Crippen molar-refractivity contribution in [2.24, 2.45) is 5.41 Å². The first-order valence-corrected chi connectivity index (χ1v) is 11.1. The van der Waals surface area contributed by atoms with E-state index in [2.05, 4.69) is 80.8 Å². The molecule has 0 spiro atoms. The van der Waals surface area contributed by atoms with Crippen LogP contribution in [0.5, 0.6) is 5.75 Å². The van der Waals surface area contributed by atoms with Crippen LogP contribution >= 0.6 is 0 Å². The lowest BCUT2D eigenvalue weighted by Gasteiger charge is -2.21. The summed E-state index contributed by atoms with van der Waals surface area (Å²) in [4.78, 5) is 2.49. The van der Waals surface area contributed by atoms with Crippen molar-refractivity contribution in [3.05, 3.63) is 77.9 Å². The maximum Gasteiger partial charge on any atom is 0.120 e. The second kappa shape index (κ2) is 12.9. The molecule has 0 saturated carbocycles. The molecule has 0 saturated heterocycles. The van der Waals surface area contributed by atoms with E-state index in [4.69, 9.17) is 4.74 Å². The molecule has 0 aliphatic heterocycles. The molecule has 0 heterocycles. The average molecular weight is 404 g/mol. The van der Waals surface area contributed by atoms with E-state index >= 15 is 0 Å². The Morgan fingerprint density at radius 2 is 1.73 bits per heavy atom. The molecule has 2 aromatic carbocycles. The highest BCUT2D eigenvalue weighted by atomic mass is 16.5. The van der Waals surface area contributed by atoms with Gasteiger partial charge in [-0.2, -0.15) is 0 Å². The fourth-order valence-corrected chi connectivity index (χ4v) is 3.07. The maximum absolute atomic E-state index is 6.01. The van der Waals surface area contributed by atoms with Gasteiger partial charge in [0.2, 0.25) is 0 Å². The lowest BCUT2D eigenvalue weighted by Crippen LogP contribution is -2.24. The first-order valence-electron chi connectivity index (χ1n) is 11.1. The van der Waals surface area contributed by atoms with E-state index < -0.39 is 0 Å². The van der Waals surface area contributed by atoms with Gasteiger partial charge in [-0.1, -0.05) is 80.1 Å². The summed E-state index contributed by atoms with van der Waals surface area (Å²) in [7, 11) is 0. The third-order valence-electron chi connectivity index (χ3n) is 4.64. The van der Waals surface area contributed by atoms with Gasteiger partial charge < -0.3 is 4.74 Å². The van der Waals surface area contributed by atoms with Crippen LogP contribution in [0.25, 0.3) is 0 Å². The lowest BCUT2D eigenvalue weighted by atomic mass is 9.98. The fraction of sp³-hybridized carbons (Fsp3) is 0.429. The van der Waals surface area contributed by atoms with Gasteiger partial charge in [-0.3, -0.25) is 4.90 Å². The van der Waals surface area contributed by atoms with E-state index in [0.717, 1.165) is 25.4 Å². The highest BCUT2D eigenvalue weighted by Crippen LogP contribution is 2.17. The highest BCUT2D eigenvalue weighted by Gasteiger charge is 2.06. The monoisotopic (exact) mass is 403 g/mol. The van der Waals surface area contributed by atoms with Crippen molar-refractivity contribution in [1.82, 2.24) is 4.90 Å². The molecular formula is C28H37NO. The standard InChI is InChI=1S/C28H37NO/c1-5-6-12-20-29(21-13-8-11-19-28(2,3)4)23-26-17-14-18-27(22-26)30-24-25-15-9-7-10-16-25/h7-10,13-18,22H,5-6,12,20-21,23-24H2,1-4H3/b13-8+. The van der Waals surface area contributed by atoms with Gasteiger partial charge in [0, 0.05) is 18.5 Å². The normalized spacial score (nSPS) is 11.5. The molecule has 0 bridgehead atoms. The van der Waals surface area contributed by atoms with Crippen molar-refractivity contribution in [3.63, 3.8) is 0 Å². The van der Waals surface area contributed by atoms with E-state index in [9.17, 15) is 0 Å². The quantitative estimate of drug-likeness (QED) is 0.300. The molecule has 30 heavy (non-hydrogen) atoms. The van der Waals surface area contributed by atoms with Gasteiger partial charge in [0.15, 0.2) is 0 Å². The van der Waals surface area contributed by atoms with E-state index in [1.165, 1.54) is 30.4 Å². The molecule has 0 aliphatic carbocycles. The van der Waals surface area contributed by atoms with Crippen molar-refractivity contribution in [3.8, 4) is 17.6 Å². The van der Waals surface area contributed by atoms with Crippen LogP contribution in [0.3, 0.4) is 0 Å². The Hall–Kier alpha value is -2.50. The number of unbranched alkanes of at least 4 members (excludes halogenated alkanes) is 2. The molecule has 2 heteroatoms. The molecule has 2 aromatic rings. The van der Waals surface area contributed by atoms with Gasteiger partial charge in [-0.05, 0) is 63.1 Å². The van der Waals surface area contributed by atoms with Crippen molar-refractivity contribution in [2.45, 2.75) is 60.1 Å². The Morgan fingerprint density at radius 3 is 2.47 bits per heavy atom. The van der Waals surface area contributed by atoms with Crippen LogP contribution in [0.1, 0.15) is 58.1 Å². The summed E-state index contributed by atoms with van der Waals surface area (Å²) in [6, 6.07) is 18.8. The number of hydrogen-bond acceptors (Lipinski definition) is 2. The summed E-state index contributed by atoms with van der Waals surface area (Å²) in [5.74, 6) is 7.36. The van der Waals surface area contributed by atoms with Gasteiger partial charge in [-0.25, -0.2) is 0 Å². The molecule has 0 atom stereocenters. The zero-order valence-electron chi connectivity index (χ0n) is 19.2. The molecule has 0 amide bonds. The van der Waals surface area contributed by atoms with Crippen LogP contribution in [0, 0.1) is 17.3 Å². The first kappa shape index (κ1) is 23.8. The van der Waals surface area contributed by atoms with Gasteiger partial charge in [-0.15, -0.1) is 0 Å². The molecule has 2 nitrogen and oxygen atoms in total. The number of nitrogens with zero attached hydrogens (tertiary/aromatic N) is 1. The minimum atomic E-state index is 0.0470. The zero-order valence-corrected chi connectivity index (χ0v) is 19.2. The van der Waals surface area contributed by atoms with Crippen LogP contribution in [0.4, 0.5) is 0 Å². The molecule has 0 unspecified atom stereocenters. The van der Waals surface area contributed by atoms with Crippen LogP contribution in [0.15, 0.2) is 66.7 Å². The largest absolute Gasteiger partial charge is 0.489 e. The van der Waals surface area contributed by atoms with Gasteiger partial charge in [0.25, 0.3) is 0 Å².